The van der Waals surface area contributed by atoms with Crippen LogP contribution in [-0.2, 0) is 6.61 Å². The molecule has 2 aromatic carbocycles. The molecule has 0 aliphatic carbocycles. The highest BCUT2D eigenvalue weighted by Crippen LogP contribution is 2.21. The van der Waals surface area contributed by atoms with Crippen LogP contribution in [0.3, 0.4) is 0 Å². The van der Waals surface area contributed by atoms with Gasteiger partial charge in [0, 0.05) is 11.1 Å². The lowest BCUT2D eigenvalue weighted by Crippen LogP contribution is -2.40. The lowest BCUT2D eigenvalue weighted by Gasteiger charge is -2.21. The predicted octanol–water partition coefficient (Wildman–Crippen LogP) is 4.15. The van der Waals surface area contributed by atoms with E-state index in [1.165, 1.54) is 0 Å². The normalized spacial score (nSPS) is 11.3. The van der Waals surface area contributed by atoms with Gasteiger partial charge in [-0.25, -0.2) is 0 Å². The number of carbonyl (C=O) groups excluding carboxylic acids is 1. The Morgan fingerprint density at radius 3 is 2.52 bits per heavy atom. The van der Waals surface area contributed by atoms with Crippen LogP contribution in [-0.4, -0.2) is 21.6 Å². The third-order valence-corrected chi connectivity index (χ3v) is 3.75. The van der Waals surface area contributed by atoms with Crippen LogP contribution in [0.25, 0.3) is 11.4 Å². The number of nitrogens with zero attached hydrogens (tertiary/aromatic N) is 2. The van der Waals surface area contributed by atoms with Crippen LogP contribution in [0.15, 0.2) is 53.1 Å². The molecule has 0 aliphatic rings. The number of rotatable bonds is 5. The molecular formula is C21H23N3O3. The van der Waals surface area contributed by atoms with Crippen molar-refractivity contribution < 1.29 is 14.1 Å². The van der Waals surface area contributed by atoms with E-state index in [2.05, 4.69) is 15.5 Å². The van der Waals surface area contributed by atoms with Gasteiger partial charge in [-0.3, -0.25) is 4.79 Å². The first-order valence-corrected chi connectivity index (χ1v) is 8.76. The molecule has 0 bridgehead atoms. The number of hydrogen-bond acceptors (Lipinski definition) is 5. The molecule has 1 heterocycles. The minimum atomic E-state index is -0.334. The van der Waals surface area contributed by atoms with E-state index < -0.39 is 0 Å². The number of ether oxygens (including phenoxy) is 1. The molecule has 140 valence electrons. The van der Waals surface area contributed by atoms with Crippen molar-refractivity contribution in [2.45, 2.75) is 39.8 Å². The largest absolute Gasteiger partial charge is 0.483 e. The van der Waals surface area contributed by atoms with Gasteiger partial charge in [-0.1, -0.05) is 47.1 Å². The number of para-hydroxylation sites is 1. The first kappa shape index (κ1) is 18.6. The Morgan fingerprint density at radius 2 is 1.81 bits per heavy atom. The summed E-state index contributed by atoms with van der Waals surface area (Å²) in [6.07, 6.45) is 0. The first-order valence-electron chi connectivity index (χ1n) is 8.76. The molecule has 0 fully saturated rings. The van der Waals surface area contributed by atoms with E-state index in [4.69, 9.17) is 9.26 Å². The van der Waals surface area contributed by atoms with Gasteiger partial charge in [-0.15, -0.1) is 0 Å². The molecule has 0 saturated heterocycles. The Labute approximate surface area is 158 Å². The van der Waals surface area contributed by atoms with Crippen LogP contribution >= 0.6 is 0 Å². The van der Waals surface area contributed by atoms with Crippen molar-refractivity contribution in [3.8, 4) is 17.1 Å². The van der Waals surface area contributed by atoms with Crippen molar-refractivity contribution in [1.29, 1.82) is 0 Å². The van der Waals surface area contributed by atoms with Gasteiger partial charge < -0.3 is 14.6 Å². The zero-order chi connectivity index (χ0) is 19.4. The number of hydrogen-bond donors (Lipinski definition) is 1. The van der Waals surface area contributed by atoms with Crippen molar-refractivity contribution in [2.24, 2.45) is 0 Å². The van der Waals surface area contributed by atoms with E-state index >= 15 is 0 Å². The summed E-state index contributed by atoms with van der Waals surface area (Å²) in [5.41, 5.74) is 2.17. The van der Waals surface area contributed by atoms with Crippen molar-refractivity contribution in [3.63, 3.8) is 0 Å². The first-order chi connectivity index (χ1) is 12.8. The molecule has 0 spiro atoms. The Balaban J connectivity index is 1.71. The van der Waals surface area contributed by atoms with E-state index in [0.29, 0.717) is 23.0 Å². The molecule has 6 heteroatoms. The summed E-state index contributed by atoms with van der Waals surface area (Å²) in [7, 11) is 0. The summed E-state index contributed by atoms with van der Waals surface area (Å²) in [6.45, 7) is 7.89. The Morgan fingerprint density at radius 1 is 1.11 bits per heavy atom. The second kappa shape index (κ2) is 7.61. The molecule has 0 radical (unpaired) electrons. The molecule has 27 heavy (non-hydrogen) atoms. The highest BCUT2D eigenvalue weighted by molar-refractivity contribution is 5.97. The van der Waals surface area contributed by atoms with E-state index in [1.54, 1.807) is 18.2 Å². The summed E-state index contributed by atoms with van der Waals surface area (Å²) >= 11 is 0. The number of amides is 1. The third-order valence-electron chi connectivity index (χ3n) is 3.75. The van der Waals surface area contributed by atoms with Crippen LogP contribution in [0, 0.1) is 6.92 Å². The Kier molecular flexibility index (Phi) is 5.26. The molecular weight excluding hydrogens is 342 g/mol. The monoisotopic (exact) mass is 365 g/mol. The van der Waals surface area contributed by atoms with Crippen molar-refractivity contribution in [1.82, 2.24) is 15.5 Å². The molecule has 1 N–H and O–H groups in total. The zero-order valence-electron chi connectivity index (χ0n) is 15.9. The predicted molar refractivity (Wildman–Crippen MR) is 102 cm³/mol. The van der Waals surface area contributed by atoms with Crippen molar-refractivity contribution in [2.75, 3.05) is 0 Å². The average Bonchev–Trinajstić information content (AvgIpc) is 3.08. The highest BCUT2D eigenvalue weighted by atomic mass is 16.5. The van der Waals surface area contributed by atoms with Gasteiger partial charge in [0.05, 0.1) is 5.56 Å². The molecule has 1 aromatic heterocycles. The fraction of sp³-hybridized carbons (Fsp3) is 0.286. The highest BCUT2D eigenvalue weighted by Gasteiger charge is 2.19. The van der Waals surface area contributed by atoms with Gasteiger partial charge in [0.15, 0.2) is 6.61 Å². The summed E-state index contributed by atoms with van der Waals surface area (Å²) in [5, 5.41) is 6.92. The van der Waals surface area contributed by atoms with Gasteiger partial charge in [0.25, 0.3) is 11.8 Å². The van der Waals surface area contributed by atoms with Gasteiger partial charge in [-0.2, -0.15) is 4.98 Å². The minimum Gasteiger partial charge on any atom is -0.483 e. The summed E-state index contributed by atoms with van der Waals surface area (Å²) in [5.74, 6) is 1.13. The molecule has 0 unspecified atom stereocenters. The number of aromatic nitrogens is 2. The summed E-state index contributed by atoms with van der Waals surface area (Å²) in [6, 6.07) is 14.9. The maximum atomic E-state index is 12.5. The van der Waals surface area contributed by atoms with Gasteiger partial charge in [-0.05, 0) is 39.8 Å². The number of carbonyl (C=O) groups is 1. The second-order valence-corrected chi connectivity index (χ2v) is 7.37. The number of aryl methyl sites for hydroxylation is 1. The van der Waals surface area contributed by atoms with Crippen LogP contribution in [0.5, 0.6) is 5.75 Å². The van der Waals surface area contributed by atoms with Crippen molar-refractivity contribution >= 4 is 5.91 Å². The van der Waals surface area contributed by atoms with Crippen LogP contribution in [0.2, 0.25) is 0 Å². The maximum absolute atomic E-state index is 12.5. The van der Waals surface area contributed by atoms with Crippen LogP contribution < -0.4 is 10.1 Å². The second-order valence-electron chi connectivity index (χ2n) is 7.37. The minimum absolute atomic E-state index is 0.0820. The average molecular weight is 365 g/mol. The van der Waals surface area contributed by atoms with Gasteiger partial charge >= 0.3 is 0 Å². The lowest BCUT2D eigenvalue weighted by atomic mass is 10.1. The SMILES string of the molecule is Cc1ccc(-c2noc(COc3ccccc3C(=O)NC(C)(C)C)n2)cc1. The lowest BCUT2D eigenvalue weighted by molar-refractivity contribution is 0.0914. The zero-order valence-corrected chi connectivity index (χ0v) is 15.9. The van der Waals surface area contributed by atoms with E-state index in [1.807, 2.05) is 58.0 Å². The fourth-order valence-corrected chi connectivity index (χ4v) is 2.46. The molecule has 3 aromatic rings. The number of nitrogens with one attached hydrogen (secondary N) is 1. The number of benzene rings is 2. The van der Waals surface area contributed by atoms with E-state index in [0.717, 1.165) is 11.1 Å². The van der Waals surface area contributed by atoms with Gasteiger partial charge in [0.1, 0.15) is 5.75 Å². The standard InChI is InChI=1S/C21H23N3O3/c1-14-9-11-15(12-10-14)19-22-18(27-24-19)13-26-17-8-6-5-7-16(17)20(25)23-21(2,3)4/h5-12H,13H2,1-4H3,(H,23,25). The molecule has 0 saturated carbocycles. The molecule has 3 rings (SSSR count). The molecule has 0 atom stereocenters. The maximum Gasteiger partial charge on any atom is 0.264 e. The third kappa shape index (κ3) is 4.94. The Bertz CT molecular complexity index is 924. The smallest absolute Gasteiger partial charge is 0.264 e. The van der Waals surface area contributed by atoms with Crippen LogP contribution in [0.4, 0.5) is 0 Å². The van der Waals surface area contributed by atoms with E-state index in [-0.39, 0.29) is 18.1 Å². The summed E-state index contributed by atoms with van der Waals surface area (Å²) in [4.78, 5) is 16.8. The molecule has 6 nitrogen and oxygen atoms in total. The molecule has 0 aliphatic heterocycles. The topological polar surface area (TPSA) is 77.2 Å². The fourth-order valence-electron chi connectivity index (χ4n) is 2.46. The Hall–Kier alpha value is -3.15. The summed E-state index contributed by atoms with van der Waals surface area (Å²) < 4.78 is 11.0. The molecule has 1 amide bonds. The van der Waals surface area contributed by atoms with Crippen LogP contribution in [0.1, 0.15) is 42.6 Å². The quantitative estimate of drug-likeness (QED) is 0.735. The van der Waals surface area contributed by atoms with Crippen molar-refractivity contribution in [3.05, 3.63) is 65.5 Å². The van der Waals surface area contributed by atoms with Gasteiger partial charge in [0.2, 0.25) is 5.82 Å². The van der Waals surface area contributed by atoms with E-state index in [9.17, 15) is 4.79 Å².